The average Bonchev–Trinajstić information content (AvgIpc) is 2.10. The summed E-state index contributed by atoms with van der Waals surface area (Å²) >= 11 is 0. The second-order valence-electron chi connectivity index (χ2n) is 3.12. The molecule has 0 aromatic heterocycles. The first-order valence-corrected chi connectivity index (χ1v) is 5.27. The third-order valence-corrected chi connectivity index (χ3v) is 1.88. The lowest BCUT2D eigenvalue weighted by Gasteiger charge is -2.19. The SMILES string of the molecule is CCCCN(CCCC)[N]CC. The Kier molecular flexibility index (Phi) is 8.95. The van der Waals surface area contributed by atoms with Crippen molar-refractivity contribution in [3.05, 3.63) is 0 Å². The maximum Gasteiger partial charge on any atom is 0.0278 e. The molecule has 0 saturated carbocycles. The van der Waals surface area contributed by atoms with Crippen LogP contribution in [0.2, 0.25) is 0 Å². The molecular weight excluding hydrogens is 148 g/mol. The van der Waals surface area contributed by atoms with Gasteiger partial charge in [0.2, 0.25) is 0 Å². The molecule has 0 atom stereocenters. The zero-order chi connectivity index (χ0) is 9.23. The topological polar surface area (TPSA) is 17.3 Å². The minimum atomic E-state index is 0.924. The molecular formula is C10H23N2. The second-order valence-corrected chi connectivity index (χ2v) is 3.12. The van der Waals surface area contributed by atoms with Gasteiger partial charge in [-0.3, -0.25) is 0 Å². The molecule has 0 aromatic rings. The summed E-state index contributed by atoms with van der Waals surface area (Å²) in [6, 6.07) is 0. The van der Waals surface area contributed by atoms with Gasteiger partial charge in [-0.1, -0.05) is 26.7 Å². The summed E-state index contributed by atoms with van der Waals surface area (Å²) in [6.07, 6.45) is 5.07. The van der Waals surface area contributed by atoms with E-state index in [-0.39, 0.29) is 0 Å². The number of unbranched alkanes of at least 4 members (excludes halogenated alkanes) is 2. The van der Waals surface area contributed by atoms with Crippen molar-refractivity contribution in [2.45, 2.75) is 46.5 Å². The van der Waals surface area contributed by atoms with Crippen molar-refractivity contribution < 1.29 is 0 Å². The average molecular weight is 171 g/mol. The third kappa shape index (κ3) is 6.62. The monoisotopic (exact) mass is 171 g/mol. The summed E-state index contributed by atoms with van der Waals surface area (Å²) in [6.45, 7) is 9.76. The van der Waals surface area contributed by atoms with Crippen molar-refractivity contribution in [3.8, 4) is 0 Å². The first-order chi connectivity index (χ1) is 5.85. The first-order valence-electron chi connectivity index (χ1n) is 5.27. The van der Waals surface area contributed by atoms with Gasteiger partial charge >= 0.3 is 0 Å². The minimum Gasteiger partial charge on any atom is -0.227 e. The van der Waals surface area contributed by atoms with Crippen molar-refractivity contribution in [3.63, 3.8) is 0 Å². The van der Waals surface area contributed by atoms with E-state index in [1.54, 1.807) is 0 Å². The van der Waals surface area contributed by atoms with Gasteiger partial charge < -0.3 is 0 Å². The molecule has 0 fully saturated rings. The van der Waals surface area contributed by atoms with Gasteiger partial charge in [-0.15, -0.1) is 0 Å². The molecule has 0 saturated heterocycles. The Hall–Kier alpha value is -0.0800. The van der Waals surface area contributed by atoms with Gasteiger partial charge in [0.25, 0.3) is 0 Å². The minimum absolute atomic E-state index is 0.924. The van der Waals surface area contributed by atoms with E-state index in [2.05, 4.69) is 31.2 Å². The second kappa shape index (κ2) is 9.01. The van der Waals surface area contributed by atoms with Gasteiger partial charge in [0.1, 0.15) is 0 Å². The Morgan fingerprint density at radius 2 is 1.42 bits per heavy atom. The van der Waals surface area contributed by atoms with Gasteiger partial charge in [0, 0.05) is 19.6 Å². The molecule has 0 aliphatic heterocycles. The van der Waals surface area contributed by atoms with E-state index in [4.69, 9.17) is 0 Å². The fourth-order valence-electron chi connectivity index (χ4n) is 1.13. The van der Waals surface area contributed by atoms with Crippen molar-refractivity contribution >= 4 is 0 Å². The van der Waals surface area contributed by atoms with E-state index in [9.17, 15) is 0 Å². The zero-order valence-corrected chi connectivity index (χ0v) is 8.84. The molecule has 0 aromatic carbocycles. The summed E-state index contributed by atoms with van der Waals surface area (Å²) in [5.41, 5.74) is 4.43. The third-order valence-electron chi connectivity index (χ3n) is 1.88. The molecule has 0 aliphatic rings. The smallest absolute Gasteiger partial charge is 0.0278 e. The Morgan fingerprint density at radius 3 is 1.75 bits per heavy atom. The van der Waals surface area contributed by atoms with Crippen LogP contribution in [0.4, 0.5) is 0 Å². The fourth-order valence-corrected chi connectivity index (χ4v) is 1.13. The highest BCUT2D eigenvalue weighted by atomic mass is 15.5. The lowest BCUT2D eigenvalue weighted by molar-refractivity contribution is 0.179. The maximum atomic E-state index is 4.43. The maximum absolute atomic E-state index is 4.43. The molecule has 73 valence electrons. The molecule has 0 aliphatic carbocycles. The van der Waals surface area contributed by atoms with Crippen molar-refractivity contribution in [1.29, 1.82) is 0 Å². The highest BCUT2D eigenvalue weighted by Crippen LogP contribution is 1.96. The van der Waals surface area contributed by atoms with Crippen LogP contribution >= 0.6 is 0 Å². The van der Waals surface area contributed by atoms with E-state index in [0.29, 0.717) is 0 Å². The number of rotatable bonds is 8. The summed E-state index contributed by atoms with van der Waals surface area (Å²) in [5, 5.41) is 2.23. The van der Waals surface area contributed by atoms with Crippen molar-refractivity contribution in [1.82, 2.24) is 10.4 Å². The Balaban J connectivity index is 3.40. The standard InChI is InChI=1S/C10H23N2/c1-4-7-9-12(11-6-3)10-8-5-2/h4-10H2,1-3H3. The van der Waals surface area contributed by atoms with Crippen LogP contribution in [-0.2, 0) is 0 Å². The van der Waals surface area contributed by atoms with Crippen LogP contribution in [0.5, 0.6) is 0 Å². The van der Waals surface area contributed by atoms with Crippen LogP contribution in [0.15, 0.2) is 0 Å². The highest BCUT2D eigenvalue weighted by molar-refractivity contribution is 4.51. The van der Waals surface area contributed by atoms with E-state index in [1.165, 1.54) is 25.7 Å². The summed E-state index contributed by atoms with van der Waals surface area (Å²) in [7, 11) is 0. The van der Waals surface area contributed by atoms with Crippen LogP contribution in [0.1, 0.15) is 46.5 Å². The molecule has 0 amide bonds. The van der Waals surface area contributed by atoms with Gasteiger partial charge in [-0.25, -0.2) is 5.01 Å². The summed E-state index contributed by atoms with van der Waals surface area (Å²) in [5.74, 6) is 0. The number of nitrogens with zero attached hydrogens (tertiary/aromatic N) is 2. The lowest BCUT2D eigenvalue weighted by Crippen LogP contribution is -2.33. The molecule has 12 heavy (non-hydrogen) atoms. The van der Waals surface area contributed by atoms with Crippen LogP contribution in [0, 0.1) is 0 Å². The first kappa shape index (κ1) is 11.9. The molecule has 2 nitrogen and oxygen atoms in total. The molecule has 0 unspecified atom stereocenters. The molecule has 2 heteroatoms. The van der Waals surface area contributed by atoms with Gasteiger partial charge in [-0.2, -0.15) is 5.43 Å². The van der Waals surface area contributed by atoms with Crippen LogP contribution < -0.4 is 5.43 Å². The predicted molar refractivity (Wildman–Crippen MR) is 54.1 cm³/mol. The van der Waals surface area contributed by atoms with Crippen molar-refractivity contribution in [2.75, 3.05) is 19.6 Å². The predicted octanol–water partition coefficient (Wildman–Crippen LogP) is 2.43. The van der Waals surface area contributed by atoms with Crippen LogP contribution in [0.3, 0.4) is 0 Å². The van der Waals surface area contributed by atoms with E-state index >= 15 is 0 Å². The lowest BCUT2D eigenvalue weighted by atomic mass is 10.3. The number of hydrogen-bond donors (Lipinski definition) is 0. The van der Waals surface area contributed by atoms with E-state index in [1.807, 2.05) is 0 Å². The summed E-state index contributed by atoms with van der Waals surface area (Å²) in [4.78, 5) is 0. The highest BCUT2D eigenvalue weighted by Gasteiger charge is 2.01. The van der Waals surface area contributed by atoms with Crippen molar-refractivity contribution in [2.24, 2.45) is 0 Å². The van der Waals surface area contributed by atoms with Gasteiger partial charge in [0.05, 0.1) is 0 Å². The number of hydrogen-bond acceptors (Lipinski definition) is 1. The molecule has 0 N–H and O–H groups in total. The van der Waals surface area contributed by atoms with Gasteiger partial charge in [0.15, 0.2) is 0 Å². The quantitative estimate of drug-likeness (QED) is 0.513. The summed E-state index contributed by atoms with van der Waals surface area (Å²) < 4.78 is 0. The Morgan fingerprint density at radius 1 is 0.917 bits per heavy atom. The molecule has 0 bridgehead atoms. The van der Waals surface area contributed by atoms with E-state index in [0.717, 1.165) is 19.6 Å². The molecule has 0 spiro atoms. The van der Waals surface area contributed by atoms with E-state index < -0.39 is 0 Å². The molecule has 1 radical (unpaired) electrons. The Bertz CT molecular complexity index is 75.9. The fraction of sp³-hybridized carbons (Fsp3) is 1.00. The normalized spacial score (nSPS) is 11.0. The van der Waals surface area contributed by atoms with Crippen LogP contribution in [-0.4, -0.2) is 24.6 Å². The van der Waals surface area contributed by atoms with Gasteiger partial charge in [-0.05, 0) is 19.8 Å². The molecule has 0 heterocycles. The zero-order valence-electron chi connectivity index (χ0n) is 8.84. The molecule has 0 rings (SSSR count). The largest absolute Gasteiger partial charge is 0.227 e. The Labute approximate surface area is 77.3 Å². The van der Waals surface area contributed by atoms with Crippen LogP contribution in [0.25, 0.3) is 0 Å².